The highest BCUT2D eigenvalue weighted by molar-refractivity contribution is 5.78. The number of hydrogen-bond acceptors (Lipinski definition) is 2. The predicted molar refractivity (Wildman–Crippen MR) is 59.6 cm³/mol. The Kier molecular flexibility index (Phi) is 3.88. The molecule has 0 aromatic carbocycles. The van der Waals surface area contributed by atoms with Crippen LogP contribution in [-0.4, -0.2) is 21.7 Å². The lowest BCUT2D eigenvalue weighted by Crippen LogP contribution is -2.31. The molecule has 0 saturated heterocycles. The quantitative estimate of drug-likeness (QED) is 0.817. The van der Waals surface area contributed by atoms with Crippen LogP contribution in [0, 0.1) is 0 Å². The molecule has 0 spiro atoms. The molecular formula is C11H19N3O. The van der Waals surface area contributed by atoms with Crippen LogP contribution in [0.4, 0.5) is 0 Å². The number of carbonyl (C=O) groups is 1. The topological polar surface area (TPSA) is 46.9 Å². The SMILES string of the molecule is CC(C)NC(=O)Cc1cnn(C(C)C)c1. The number of hydrogen-bond donors (Lipinski definition) is 1. The van der Waals surface area contributed by atoms with Crippen molar-refractivity contribution in [2.24, 2.45) is 0 Å². The van der Waals surface area contributed by atoms with Crippen LogP contribution in [0.1, 0.15) is 39.3 Å². The third-order valence-corrected chi connectivity index (χ3v) is 2.00. The van der Waals surface area contributed by atoms with Gasteiger partial charge in [0.1, 0.15) is 0 Å². The van der Waals surface area contributed by atoms with Gasteiger partial charge in [-0.2, -0.15) is 5.10 Å². The molecule has 0 saturated carbocycles. The number of nitrogens with zero attached hydrogens (tertiary/aromatic N) is 2. The molecular weight excluding hydrogens is 190 g/mol. The molecule has 0 atom stereocenters. The van der Waals surface area contributed by atoms with E-state index in [0.29, 0.717) is 12.5 Å². The first kappa shape index (κ1) is 11.8. The third-order valence-electron chi connectivity index (χ3n) is 2.00. The van der Waals surface area contributed by atoms with E-state index < -0.39 is 0 Å². The molecule has 1 amide bonds. The smallest absolute Gasteiger partial charge is 0.224 e. The van der Waals surface area contributed by atoms with E-state index in [9.17, 15) is 4.79 Å². The average molecular weight is 209 g/mol. The van der Waals surface area contributed by atoms with Crippen molar-refractivity contribution in [2.45, 2.75) is 46.2 Å². The summed E-state index contributed by atoms with van der Waals surface area (Å²) in [5.41, 5.74) is 0.960. The first-order valence-electron chi connectivity index (χ1n) is 5.31. The molecule has 15 heavy (non-hydrogen) atoms. The molecule has 4 heteroatoms. The second kappa shape index (κ2) is 4.96. The van der Waals surface area contributed by atoms with E-state index in [1.165, 1.54) is 0 Å². The maximum Gasteiger partial charge on any atom is 0.224 e. The number of amides is 1. The van der Waals surface area contributed by atoms with Crippen LogP contribution in [0.15, 0.2) is 12.4 Å². The summed E-state index contributed by atoms with van der Waals surface area (Å²) in [7, 11) is 0. The molecule has 0 unspecified atom stereocenters. The predicted octanol–water partition coefficient (Wildman–Crippen LogP) is 1.53. The monoisotopic (exact) mass is 209 g/mol. The van der Waals surface area contributed by atoms with Gasteiger partial charge in [-0.1, -0.05) is 0 Å². The fourth-order valence-corrected chi connectivity index (χ4v) is 1.31. The summed E-state index contributed by atoms with van der Waals surface area (Å²) in [5, 5.41) is 7.04. The first-order chi connectivity index (χ1) is 6.99. The van der Waals surface area contributed by atoms with Crippen LogP contribution in [0.2, 0.25) is 0 Å². The molecule has 4 nitrogen and oxygen atoms in total. The van der Waals surface area contributed by atoms with Gasteiger partial charge in [0, 0.05) is 18.3 Å². The van der Waals surface area contributed by atoms with E-state index in [1.807, 2.05) is 24.7 Å². The van der Waals surface area contributed by atoms with Gasteiger partial charge in [-0.15, -0.1) is 0 Å². The van der Waals surface area contributed by atoms with Crippen LogP contribution in [0.5, 0.6) is 0 Å². The molecule has 1 rings (SSSR count). The number of carbonyl (C=O) groups excluding carboxylic acids is 1. The standard InChI is InChI=1S/C11H19N3O/c1-8(2)13-11(15)5-10-6-12-14(7-10)9(3)4/h6-9H,5H2,1-4H3,(H,13,15). The maximum atomic E-state index is 11.5. The van der Waals surface area contributed by atoms with Crippen molar-refractivity contribution in [3.8, 4) is 0 Å². The summed E-state index contributed by atoms with van der Waals surface area (Å²) in [5.74, 6) is 0.0494. The lowest BCUT2D eigenvalue weighted by Gasteiger charge is -2.07. The molecule has 0 radical (unpaired) electrons. The zero-order valence-electron chi connectivity index (χ0n) is 9.82. The Labute approximate surface area is 90.7 Å². The largest absolute Gasteiger partial charge is 0.354 e. The van der Waals surface area contributed by atoms with Gasteiger partial charge in [0.05, 0.1) is 12.6 Å². The molecule has 0 aliphatic carbocycles. The van der Waals surface area contributed by atoms with E-state index in [0.717, 1.165) is 5.56 Å². The third kappa shape index (κ3) is 3.73. The number of nitrogens with one attached hydrogen (secondary N) is 1. The highest BCUT2D eigenvalue weighted by Crippen LogP contribution is 2.05. The lowest BCUT2D eigenvalue weighted by atomic mass is 10.2. The highest BCUT2D eigenvalue weighted by atomic mass is 16.1. The Hall–Kier alpha value is -1.32. The molecule has 0 aliphatic heterocycles. The lowest BCUT2D eigenvalue weighted by molar-refractivity contribution is -0.120. The molecule has 1 aromatic heterocycles. The minimum atomic E-state index is 0.0494. The van der Waals surface area contributed by atoms with E-state index in [-0.39, 0.29) is 11.9 Å². The van der Waals surface area contributed by atoms with Gasteiger partial charge in [0.2, 0.25) is 5.91 Å². The van der Waals surface area contributed by atoms with Crippen LogP contribution in [-0.2, 0) is 11.2 Å². The van der Waals surface area contributed by atoms with Crippen molar-refractivity contribution < 1.29 is 4.79 Å². The molecule has 0 aliphatic rings. The van der Waals surface area contributed by atoms with Crippen molar-refractivity contribution in [1.82, 2.24) is 15.1 Å². The van der Waals surface area contributed by atoms with Crippen molar-refractivity contribution in [3.05, 3.63) is 18.0 Å². The Morgan fingerprint density at radius 1 is 1.47 bits per heavy atom. The van der Waals surface area contributed by atoms with Crippen molar-refractivity contribution >= 4 is 5.91 Å². The van der Waals surface area contributed by atoms with Gasteiger partial charge in [0.25, 0.3) is 0 Å². The van der Waals surface area contributed by atoms with E-state index >= 15 is 0 Å². The van der Waals surface area contributed by atoms with Gasteiger partial charge < -0.3 is 5.32 Å². The molecule has 1 N–H and O–H groups in total. The Balaban J connectivity index is 2.53. The zero-order valence-corrected chi connectivity index (χ0v) is 9.82. The van der Waals surface area contributed by atoms with Crippen LogP contribution >= 0.6 is 0 Å². The number of aromatic nitrogens is 2. The van der Waals surface area contributed by atoms with E-state index in [2.05, 4.69) is 24.3 Å². The number of rotatable bonds is 4. The van der Waals surface area contributed by atoms with Crippen LogP contribution in [0.3, 0.4) is 0 Å². The fraction of sp³-hybridized carbons (Fsp3) is 0.636. The van der Waals surface area contributed by atoms with Gasteiger partial charge in [0.15, 0.2) is 0 Å². The molecule has 1 heterocycles. The van der Waals surface area contributed by atoms with Gasteiger partial charge >= 0.3 is 0 Å². The molecule has 0 fully saturated rings. The normalized spacial score (nSPS) is 11.1. The van der Waals surface area contributed by atoms with Crippen molar-refractivity contribution in [2.75, 3.05) is 0 Å². The molecule has 0 bridgehead atoms. The fourth-order valence-electron chi connectivity index (χ4n) is 1.31. The van der Waals surface area contributed by atoms with Gasteiger partial charge in [-0.3, -0.25) is 9.48 Å². The van der Waals surface area contributed by atoms with Gasteiger partial charge in [-0.25, -0.2) is 0 Å². The summed E-state index contributed by atoms with van der Waals surface area (Å²) >= 11 is 0. The van der Waals surface area contributed by atoms with E-state index in [4.69, 9.17) is 0 Å². The van der Waals surface area contributed by atoms with E-state index in [1.54, 1.807) is 6.20 Å². The molecule has 1 aromatic rings. The van der Waals surface area contributed by atoms with Crippen LogP contribution in [0.25, 0.3) is 0 Å². The average Bonchev–Trinajstić information content (AvgIpc) is 2.50. The minimum Gasteiger partial charge on any atom is -0.354 e. The van der Waals surface area contributed by atoms with Crippen molar-refractivity contribution in [3.63, 3.8) is 0 Å². The van der Waals surface area contributed by atoms with Crippen molar-refractivity contribution in [1.29, 1.82) is 0 Å². The van der Waals surface area contributed by atoms with Crippen LogP contribution < -0.4 is 5.32 Å². The second-order valence-corrected chi connectivity index (χ2v) is 4.32. The molecule has 84 valence electrons. The first-order valence-corrected chi connectivity index (χ1v) is 5.31. The summed E-state index contributed by atoms with van der Waals surface area (Å²) in [6.45, 7) is 8.03. The highest BCUT2D eigenvalue weighted by Gasteiger charge is 2.07. The summed E-state index contributed by atoms with van der Waals surface area (Å²) in [6, 6.07) is 0.532. The zero-order chi connectivity index (χ0) is 11.4. The summed E-state index contributed by atoms with van der Waals surface area (Å²) in [4.78, 5) is 11.5. The second-order valence-electron chi connectivity index (χ2n) is 4.32. The minimum absolute atomic E-state index is 0.0494. The summed E-state index contributed by atoms with van der Waals surface area (Å²) in [6.07, 6.45) is 4.08. The summed E-state index contributed by atoms with van der Waals surface area (Å²) < 4.78 is 1.86. The Morgan fingerprint density at radius 3 is 2.60 bits per heavy atom. The maximum absolute atomic E-state index is 11.5. The Bertz CT molecular complexity index is 328. The van der Waals surface area contributed by atoms with Gasteiger partial charge in [-0.05, 0) is 33.3 Å². The Morgan fingerprint density at radius 2 is 2.13 bits per heavy atom.